The summed E-state index contributed by atoms with van der Waals surface area (Å²) in [5, 5.41) is 11.8. The highest BCUT2D eigenvalue weighted by Gasteiger charge is 2.29. The standard InChI is InChI=1S/C12H20N4O2S/c1-8(11(17)13-6-7-18-3)19-12-15-14-9(2)16(12)10-4-5-10/h8,10H,4-7H2,1-3H3,(H,13,17)/t8-/m0/s1. The van der Waals surface area contributed by atoms with Crippen LogP contribution in [0.2, 0.25) is 0 Å². The Morgan fingerprint density at radius 2 is 2.32 bits per heavy atom. The number of aryl methyl sites for hydroxylation is 1. The third kappa shape index (κ3) is 3.70. The van der Waals surface area contributed by atoms with E-state index in [0.29, 0.717) is 19.2 Å². The number of carbonyl (C=O) groups is 1. The molecule has 1 aliphatic carbocycles. The third-order valence-corrected chi connectivity index (χ3v) is 4.06. The zero-order valence-corrected chi connectivity index (χ0v) is 12.4. The van der Waals surface area contributed by atoms with Crippen LogP contribution in [0, 0.1) is 6.92 Å². The van der Waals surface area contributed by atoms with Crippen LogP contribution >= 0.6 is 11.8 Å². The predicted octanol–water partition coefficient (Wildman–Crippen LogP) is 1.16. The minimum absolute atomic E-state index is 0.00468. The molecule has 19 heavy (non-hydrogen) atoms. The van der Waals surface area contributed by atoms with Crippen LogP contribution in [0.5, 0.6) is 0 Å². The number of methoxy groups -OCH3 is 1. The summed E-state index contributed by atoms with van der Waals surface area (Å²) in [6.07, 6.45) is 2.36. The highest BCUT2D eigenvalue weighted by atomic mass is 32.2. The number of nitrogens with one attached hydrogen (secondary N) is 1. The van der Waals surface area contributed by atoms with Gasteiger partial charge >= 0.3 is 0 Å². The maximum atomic E-state index is 11.9. The first-order chi connectivity index (χ1) is 9.13. The van der Waals surface area contributed by atoms with Crippen LogP contribution in [0.4, 0.5) is 0 Å². The Hall–Kier alpha value is -1.08. The number of hydrogen-bond acceptors (Lipinski definition) is 5. The third-order valence-electron chi connectivity index (χ3n) is 3.00. The van der Waals surface area contributed by atoms with Gasteiger partial charge in [-0.1, -0.05) is 11.8 Å². The zero-order valence-electron chi connectivity index (χ0n) is 11.5. The molecule has 1 fully saturated rings. The highest BCUT2D eigenvalue weighted by molar-refractivity contribution is 8.00. The summed E-state index contributed by atoms with van der Waals surface area (Å²) in [4.78, 5) is 11.9. The van der Waals surface area contributed by atoms with Gasteiger partial charge in [0.25, 0.3) is 0 Å². The van der Waals surface area contributed by atoms with Gasteiger partial charge in [-0.05, 0) is 26.7 Å². The molecule has 0 aliphatic heterocycles. The fraction of sp³-hybridized carbons (Fsp3) is 0.750. The number of ether oxygens (including phenoxy) is 1. The van der Waals surface area contributed by atoms with Crippen molar-refractivity contribution < 1.29 is 9.53 Å². The topological polar surface area (TPSA) is 69.0 Å². The quantitative estimate of drug-likeness (QED) is 0.601. The van der Waals surface area contributed by atoms with Gasteiger partial charge in [0.05, 0.1) is 11.9 Å². The Morgan fingerprint density at radius 3 is 2.95 bits per heavy atom. The lowest BCUT2D eigenvalue weighted by molar-refractivity contribution is -0.120. The molecule has 0 spiro atoms. The molecule has 0 bridgehead atoms. The molecule has 2 rings (SSSR count). The molecule has 1 amide bonds. The molecule has 0 radical (unpaired) electrons. The molecule has 1 aromatic rings. The summed E-state index contributed by atoms with van der Waals surface area (Å²) in [6.45, 7) is 4.90. The van der Waals surface area contributed by atoms with Crippen LogP contribution in [0.15, 0.2) is 5.16 Å². The van der Waals surface area contributed by atoms with Crippen molar-refractivity contribution in [2.24, 2.45) is 0 Å². The van der Waals surface area contributed by atoms with Crippen LogP contribution in [-0.2, 0) is 9.53 Å². The van der Waals surface area contributed by atoms with Gasteiger partial charge in [0.2, 0.25) is 5.91 Å². The van der Waals surface area contributed by atoms with E-state index in [1.165, 1.54) is 24.6 Å². The van der Waals surface area contributed by atoms with E-state index in [9.17, 15) is 4.79 Å². The van der Waals surface area contributed by atoms with E-state index >= 15 is 0 Å². The highest BCUT2D eigenvalue weighted by Crippen LogP contribution is 2.39. The molecule has 106 valence electrons. The Balaban J connectivity index is 1.91. The van der Waals surface area contributed by atoms with Crippen LogP contribution in [0.3, 0.4) is 0 Å². The Labute approximate surface area is 117 Å². The van der Waals surface area contributed by atoms with E-state index in [2.05, 4.69) is 20.1 Å². The van der Waals surface area contributed by atoms with E-state index < -0.39 is 0 Å². The molecule has 0 unspecified atom stereocenters. The largest absolute Gasteiger partial charge is 0.383 e. The summed E-state index contributed by atoms with van der Waals surface area (Å²) in [6, 6.07) is 0.529. The first-order valence-electron chi connectivity index (χ1n) is 6.48. The van der Waals surface area contributed by atoms with Gasteiger partial charge in [0, 0.05) is 19.7 Å². The average molecular weight is 284 g/mol. The fourth-order valence-corrected chi connectivity index (χ4v) is 2.80. The van der Waals surface area contributed by atoms with Crippen LogP contribution < -0.4 is 5.32 Å². The average Bonchev–Trinajstić information content (AvgIpc) is 3.15. The molecule has 7 heteroatoms. The first-order valence-corrected chi connectivity index (χ1v) is 7.36. The van der Waals surface area contributed by atoms with E-state index in [0.717, 1.165) is 11.0 Å². The van der Waals surface area contributed by atoms with Crippen molar-refractivity contribution in [2.45, 2.75) is 43.1 Å². The number of rotatable bonds is 7. The van der Waals surface area contributed by atoms with Gasteiger partial charge in [0.15, 0.2) is 5.16 Å². The maximum Gasteiger partial charge on any atom is 0.233 e. The second-order valence-corrected chi connectivity index (χ2v) is 5.98. The molecule has 1 saturated carbocycles. The molecule has 1 N–H and O–H groups in total. The van der Waals surface area contributed by atoms with Crippen LogP contribution in [0.25, 0.3) is 0 Å². The van der Waals surface area contributed by atoms with Gasteiger partial charge in [-0.25, -0.2) is 0 Å². The Kier molecular flexibility index (Phi) is 4.81. The number of nitrogens with zero attached hydrogens (tertiary/aromatic N) is 3. The van der Waals surface area contributed by atoms with E-state index in [1.807, 2.05) is 13.8 Å². The van der Waals surface area contributed by atoms with Crippen molar-refractivity contribution >= 4 is 17.7 Å². The number of amides is 1. The molecular weight excluding hydrogens is 264 g/mol. The molecule has 1 aliphatic rings. The summed E-state index contributed by atoms with van der Waals surface area (Å²) >= 11 is 1.46. The molecule has 1 aromatic heterocycles. The summed E-state index contributed by atoms with van der Waals surface area (Å²) in [5.74, 6) is 0.932. The van der Waals surface area contributed by atoms with Crippen molar-refractivity contribution in [3.05, 3.63) is 5.82 Å². The lowest BCUT2D eigenvalue weighted by atomic mass is 10.4. The van der Waals surface area contributed by atoms with Gasteiger partial charge in [-0.2, -0.15) is 0 Å². The van der Waals surface area contributed by atoms with E-state index in [-0.39, 0.29) is 11.2 Å². The minimum atomic E-state index is -0.182. The van der Waals surface area contributed by atoms with Crippen molar-refractivity contribution in [2.75, 3.05) is 20.3 Å². The smallest absolute Gasteiger partial charge is 0.233 e. The van der Waals surface area contributed by atoms with E-state index in [1.54, 1.807) is 7.11 Å². The van der Waals surface area contributed by atoms with Gasteiger partial charge in [-0.3, -0.25) is 4.79 Å². The zero-order chi connectivity index (χ0) is 13.8. The summed E-state index contributed by atoms with van der Waals surface area (Å²) in [5.41, 5.74) is 0. The number of carbonyl (C=O) groups excluding carboxylic acids is 1. The minimum Gasteiger partial charge on any atom is -0.383 e. The lowest BCUT2D eigenvalue weighted by Crippen LogP contribution is -2.33. The molecule has 1 heterocycles. The van der Waals surface area contributed by atoms with Crippen LogP contribution in [0.1, 0.15) is 31.6 Å². The van der Waals surface area contributed by atoms with Crippen molar-refractivity contribution in [1.29, 1.82) is 0 Å². The fourth-order valence-electron chi connectivity index (χ4n) is 1.82. The first kappa shape index (κ1) is 14.3. The summed E-state index contributed by atoms with van der Waals surface area (Å²) < 4.78 is 7.05. The number of thioether (sulfide) groups is 1. The van der Waals surface area contributed by atoms with Crippen molar-refractivity contribution in [3.63, 3.8) is 0 Å². The maximum absolute atomic E-state index is 11.9. The van der Waals surface area contributed by atoms with Crippen LogP contribution in [-0.4, -0.2) is 46.2 Å². The molecule has 1 atom stereocenters. The molecule has 0 aromatic carbocycles. The van der Waals surface area contributed by atoms with Crippen molar-refractivity contribution in [3.8, 4) is 0 Å². The number of hydrogen-bond donors (Lipinski definition) is 1. The van der Waals surface area contributed by atoms with Gasteiger partial charge < -0.3 is 14.6 Å². The second-order valence-electron chi connectivity index (χ2n) is 4.67. The van der Waals surface area contributed by atoms with Gasteiger partial charge in [-0.15, -0.1) is 10.2 Å². The summed E-state index contributed by atoms with van der Waals surface area (Å²) in [7, 11) is 1.62. The lowest BCUT2D eigenvalue weighted by Gasteiger charge is -2.12. The molecule has 6 nitrogen and oxygen atoms in total. The Morgan fingerprint density at radius 1 is 1.58 bits per heavy atom. The monoisotopic (exact) mass is 284 g/mol. The SMILES string of the molecule is COCCNC(=O)[C@H](C)Sc1nnc(C)n1C1CC1. The predicted molar refractivity (Wildman–Crippen MR) is 73.2 cm³/mol. The normalized spacial score (nSPS) is 16.4. The number of aromatic nitrogens is 3. The van der Waals surface area contributed by atoms with Gasteiger partial charge in [0.1, 0.15) is 5.82 Å². The molecule has 0 saturated heterocycles. The molecular formula is C12H20N4O2S. The van der Waals surface area contributed by atoms with Crippen molar-refractivity contribution in [1.82, 2.24) is 20.1 Å². The van der Waals surface area contributed by atoms with E-state index in [4.69, 9.17) is 4.74 Å². The second kappa shape index (κ2) is 6.38. The Bertz CT molecular complexity index is 445.